The number of esters is 1. The van der Waals surface area contributed by atoms with Gasteiger partial charge < -0.3 is 24.7 Å². The van der Waals surface area contributed by atoms with Crippen LogP contribution < -0.4 is 15.4 Å². The summed E-state index contributed by atoms with van der Waals surface area (Å²) in [6, 6.07) is 21.9. The SMILES string of the molecule is CCOC(=O)c1c(-c2ccc(C(C)(C)C)cc2)c2cccc(NC(=O)NC3CC3)c2n1Cc1cccc(OC)c1. The molecule has 0 aliphatic heterocycles. The van der Waals surface area contributed by atoms with Crippen LogP contribution >= 0.6 is 0 Å². The van der Waals surface area contributed by atoms with E-state index >= 15 is 0 Å². The van der Waals surface area contributed by atoms with Crippen LogP contribution in [0, 0.1) is 0 Å². The molecule has 0 spiro atoms. The molecule has 1 aliphatic carbocycles. The van der Waals surface area contributed by atoms with E-state index in [1.54, 1.807) is 14.0 Å². The van der Waals surface area contributed by atoms with Crippen LogP contribution in [0.4, 0.5) is 10.5 Å². The van der Waals surface area contributed by atoms with Gasteiger partial charge in [0.1, 0.15) is 11.4 Å². The highest BCUT2D eigenvalue weighted by Crippen LogP contribution is 2.40. The molecule has 0 atom stereocenters. The van der Waals surface area contributed by atoms with Crippen LogP contribution in [-0.4, -0.2) is 36.3 Å². The second-order valence-corrected chi connectivity index (χ2v) is 11.3. The van der Waals surface area contributed by atoms with Crippen LogP contribution in [0.15, 0.2) is 66.7 Å². The first kappa shape index (κ1) is 27.3. The van der Waals surface area contributed by atoms with Gasteiger partial charge in [0.15, 0.2) is 0 Å². The zero-order valence-corrected chi connectivity index (χ0v) is 23.8. The highest BCUT2D eigenvalue weighted by Gasteiger charge is 2.28. The van der Waals surface area contributed by atoms with E-state index in [1.807, 2.05) is 47.0 Å². The van der Waals surface area contributed by atoms with Gasteiger partial charge in [-0.25, -0.2) is 9.59 Å². The molecule has 1 aromatic heterocycles. The first-order valence-electron chi connectivity index (χ1n) is 13.8. The lowest BCUT2D eigenvalue weighted by Gasteiger charge is -2.19. The molecule has 2 N–H and O–H groups in total. The third-order valence-corrected chi connectivity index (χ3v) is 7.23. The number of amides is 2. The van der Waals surface area contributed by atoms with Crippen LogP contribution in [0.1, 0.15) is 62.2 Å². The van der Waals surface area contributed by atoms with Gasteiger partial charge in [0, 0.05) is 23.5 Å². The van der Waals surface area contributed by atoms with Crippen molar-refractivity contribution in [1.82, 2.24) is 9.88 Å². The Bertz CT molecular complexity index is 1540. The number of hydrogen-bond acceptors (Lipinski definition) is 4. The lowest BCUT2D eigenvalue weighted by molar-refractivity contribution is 0.0516. The van der Waals surface area contributed by atoms with E-state index in [2.05, 4.69) is 55.7 Å². The number of carbonyl (C=O) groups is 2. The molecule has 40 heavy (non-hydrogen) atoms. The van der Waals surface area contributed by atoms with E-state index in [0.29, 0.717) is 17.9 Å². The van der Waals surface area contributed by atoms with Gasteiger partial charge >= 0.3 is 12.0 Å². The number of methoxy groups -OCH3 is 1. The fourth-order valence-electron chi connectivity index (χ4n) is 5.04. The van der Waals surface area contributed by atoms with Crippen molar-refractivity contribution in [3.05, 3.63) is 83.6 Å². The van der Waals surface area contributed by atoms with Crippen LogP contribution in [0.5, 0.6) is 5.75 Å². The molecule has 4 aromatic rings. The molecule has 3 aromatic carbocycles. The molecule has 0 bridgehead atoms. The summed E-state index contributed by atoms with van der Waals surface area (Å²) in [5.41, 5.74) is 5.67. The van der Waals surface area contributed by atoms with Crippen molar-refractivity contribution >= 4 is 28.6 Å². The third kappa shape index (κ3) is 5.69. The van der Waals surface area contributed by atoms with Crippen molar-refractivity contribution in [3.8, 4) is 16.9 Å². The van der Waals surface area contributed by atoms with Gasteiger partial charge in [-0.1, -0.05) is 69.3 Å². The topological polar surface area (TPSA) is 81.6 Å². The molecule has 1 fully saturated rings. The number of rotatable bonds is 8. The zero-order chi connectivity index (χ0) is 28.4. The number of urea groups is 1. The summed E-state index contributed by atoms with van der Waals surface area (Å²) in [7, 11) is 1.63. The normalized spacial score (nSPS) is 13.2. The largest absolute Gasteiger partial charge is 0.497 e. The van der Waals surface area contributed by atoms with E-state index in [1.165, 1.54) is 5.56 Å². The van der Waals surface area contributed by atoms with Gasteiger partial charge in [0.2, 0.25) is 0 Å². The molecule has 208 valence electrons. The molecule has 0 radical (unpaired) electrons. The summed E-state index contributed by atoms with van der Waals surface area (Å²) >= 11 is 0. The van der Waals surface area contributed by atoms with Crippen molar-refractivity contribution < 1.29 is 19.1 Å². The van der Waals surface area contributed by atoms with Gasteiger partial charge in [0.25, 0.3) is 0 Å². The molecule has 0 saturated heterocycles. The van der Waals surface area contributed by atoms with Crippen LogP contribution in [0.25, 0.3) is 22.0 Å². The average molecular weight is 540 g/mol. The highest BCUT2D eigenvalue weighted by molar-refractivity contribution is 6.13. The standard InChI is InChI=1S/C33H37N3O4/c1-6-40-31(37)30-28(22-13-15-23(16-14-22)33(2,3)4)26-11-8-12-27(35-32(38)34-24-17-18-24)29(26)36(30)20-21-9-7-10-25(19-21)39-5/h7-16,19,24H,6,17-18,20H2,1-5H3,(H2,34,35,38). The summed E-state index contributed by atoms with van der Waals surface area (Å²) < 4.78 is 13.0. The smallest absolute Gasteiger partial charge is 0.355 e. The minimum atomic E-state index is -0.412. The number of benzene rings is 3. The monoisotopic (exact) mass is 539 g/mol. The maximum Gasteiger partial charge on any atom is 0.355 e. The number of para-hydroxylation sites is 1. The van der Waals surface area contributed by atoms with Gasteiger partial charge in [-0.2, -0.15) is 0 Å². The van der Waals surface area contributed by atoms with Crippen LogP contribution in [0.2, 0.25) is 0 Å². The molecule has 2 amide bonds. The van der Waals surface area contributed by atoms with E-state index in [4.69, 9.17) is 9.47 Å². The minimum Gasteiger partial charge on any atom is -0.497 e. The average Bonchev–Trinajstić information content (AvgIpc) is 3.68. The van der Waals surface area contributed by atoms with Crippen molar-refractivity contribution in [1.29, 1.82) is 0 Å². The number of hydrogen-bond donors (Lipinski definition) is 2. The number of anilines is 1. The fourth-order valence-corrected chi connectivity index (χ4v) is 5.04. The Morgan fingerprint density at radius 1 is 1.00 bits per heavy atom. The zero-order valence-electron chi connectivity index (χ0n) is 23.8. The van der Waals surface area contributed by atoms with Gasteiger partial charge in [-0.15, -0.1) is 0 Å². The lowest BCUT2D eigenvalue weighted by Crippen LogP contribution is -2.30. The molecular formula is C33H37N3O4. The molecule has 7 nitrogen and oxygen atoms in total. The van der Waals surface area contributed by atoms with E-state index < -0.39 is 5.97 Å². The third-order valence-electron chi connectivity index (χ3n) is 7.23. The maximum absolute atomic E-state index is 13.7. The predicted molar refractivity (Wildman–Crippen MR) is 159 cm³/mol. The number of fused-ring (bicyclic) bond motifs is 1. The molecule has 1 heterocycles. The summed E-state index contributed by atoms with van der Waals surface area (Å²) in [5.74, 6) is 0.316. The number of ether oxygens (including phenoxy) is 2. The number of carbonyl (C=O) groups excluding carboxylic acids is 2. The van der Waals surface area contributed by atoms with E-state index in [-0.39, 0.29) is 24.1 Å². The first-order chi connectivity index (χ1) is 19.2. The second kappa shape index (κ2) is 11.1. The molecule has 7 heteroatoms. The highest BCUT2D eigenvalue weighted by atomic mass is 16.5. The van der Waals surface area contributed by atoms with Crippen molar-refractivity contribution in [2.45, 2.75) is 58.5 Å². The number of nitrogens with one attached hydrogen (secondary N) is 2. The van der Waals surface area contributed by atoms with Gasteiger partial charge in [0.05, 0.1) is 24.9 Å². The van der Waals surface area contributed by atoms with Crippen molar-refractivity contribution in [2.24, 2.45) is 0 Å². The fraction of sp³-hybridized carbons (Fsp3) is 0.333. The first-order valence-corrected chi connectivity index (χ1v) is 13.8. The predicted octanol–water partition coefficient (Wildman–Crippen LogP) is 7.12. The van der Waals surface area contributed by atoms with Gasteiger partial charge in [-0.3, -0.25) is 0 Å². The molecule has 1 aliphatic rings. The van der Waals surface area contributed by atoms with Crippen LogP contribution in [0.3, 0.4) is 0 Å². The Balaban J connectivity index is 1.74. The lowest BCUT2D eigenvalue weighted by atomic mass is 9.86. The number of aromatic nitrogens is 1. The Kier molecular flexibility index (Phi) is 7.57. The minimum absolute atomic E-state index is 0.00508. The Morgan fingerprint density at radius 3 is 2.38 bits per heavy atom. The Morgan fingerprint density at radius 2 is 1.73 bits per heavy atom. The van der Waals surface area contributed by atoms with E-state index in [0.717, 1.165) is 46.2 Å². The number of nitrogens with zero attached hydrogens (tertiary/aromatic N) is 1. The Hall–Kier alpha value is -4.26. The van der Waals surface area contributed by atoms with Crippen molar-refractivity contribution in [2.75, 3.05) is 19.0 Å². The summed E-state index contributed by atoms with van der Waals surface area (Å²) in [5, 5.41) is 6.91. The quantitative estimate of drug-likeness (QED) is 0.234. The maximum atomic E-state index is 13.7. The summed E-state index contributed by atoms with van der Waals surface area (Å²) in [6.07, 6.45) is 1.98. The molecule has 5 rings (SSSR count). The van der Waals surface area contributed by atoms with Crippen molar-refractivity contribution in [3.63, 3.8) is 0 Å². The molecule has 0 unspecified atom stereocenters. The second-order valence-electron chi connectivity index (χ2n) is 11.3. The van der Waals surface area contributed by atoms with Crippen LogP contribution in [-0.2, 0) is 16.7 Å². The van der Waals surface area contributed by atoms with E-state index in [9.17, 15) is 9.59 Å². The van der Waals surface area contributed by atoms with Gasteiger partial charge in [-0.05, 0) is 60.1 Å². The Labute approximate surface area is 235 Å². The molecule has 1 saturated carbocycles. The summed E-state index contributed by atoms with van der Waals surface area (Å²) in [4.78, 5) is 26.5. The molecular weight excluding hydrogens is 502 g/mol. The summed E-state index contributed by atoms with van der Waals surface area (Å²) in [6.45, 7) is 8.96.